The van der Waals surface area contributed by atoms with E-state index in [9.17, 15) is 14.9 Å². The maximum absolute atomic E-state index is 11.2. The molecule has 0 heterocycles. The van der Waals surface area contributed by atoms with E-state index >= 15 is 0 Å². The van der Waals surface area contributed by atoms with Gasteiger partial charge in [-0.15, -0.1) is 6.42 Å². The zero-order valence-electron chi connectivity index (χ0n) is 8.28. The van der Waals surface area contributed by atoms with Crippen LogP contribution in [0.2, 0.25) is 0 Å². The van der Waals surface area contributed by atoms with Gasteiger partial charge >= 0.3 is 0 Å². The maximum Gasteiger partial charge on any atom is 0.239 e. The number of carbonyl (C=O) groups is 1. The van der Waals surface area contributed by atoms with Gasteiger partial charge in [0.1, 0.15) is 6.61 Å². The Hall–Kier alpha value is -1.41. The Bertz CT molecular complexity index is 268. The van der Waals surface area contributed by atoms with Gasteiger partial charge in [0.2, 0.25) is 6.54 Å². The lowest BCUT2D eigenvalue weighted by Gasteiger charge is -2.24. The molecule has 1 unspecified atom stereocenters. The molecule has 0 bridgehead atoms. The van der Waals surface area contributed by atoms with Crippen molar-refractivity contribution in [3.8, 4) is 12.3 Å². The maximum atomic E-state index is 11.2. The number of nitro groups is 1. The quantitative estimate of drug-likeness (QED) is 0.358. The van der Waals surface area contributed by atoms with Gasteiger partial charge in [0, 0.05) is 4.92 Å². The average molecular weight is 199 g/mol. The molecular formula is C9H13NO4. The number of hydrogen-bond donors (Lipinski definition) is 0. The molecule has 0 saturated carbocycles. The fraction of sp³-hybridized carbons (Fsp3) is 0.667. The van der Waals surface area contributed by atoms with Crippen LogP contribution in [0.5, 0.6) is 0 Å². The number of hydrogen-bond acceptors (Lipinski definition) is 4. The van der Waals surface area contributed by atoms with Gasteiger partial charge in [0.05, 0.1) is 0 Å². The summed E-state index contributed by atoms with van der Waals surface area (Å²) in [5, 5.41) is 10.4. The molecule has 0 aliphatic heterocycles. The van der Waals surface area contributed by atoms with Crippen LogP contribution in [0.15, 0.2) is 0 Å². The number of carbonyl (C=O) groups excluding carboxylic acids is 1. The SMILES string of the molecule is C#CCOC(CC)(C[N+](=O)[O-])C(C)=O. The average Bonchev–Trinajstić information content (AvgIpc) is 2.11. The van der Waals surface area contributed by atoms with Crippen molar-refractivity contribution in [2.75, 3.05) is 13.2 Å². The first-order valence-corrected chi connectivity index (χ1v) is 4.18. The van der Waals surface area contributed by atoms with Gasteiger partial charge < -0.3 is 4.74 Å². The first-order chi connectivity index (χ1) is 6.48. The van der Waals surface area contributed by atoms with Crippen LogP contribution in [0, 0.1) is 22.5 Å². The van der Waals surface area contributed by atoms with Crippen molar-refractivity contribution >= 4 is 5.78 Å². The molecule has 14 heavy (non-hydrogen) atoms. The van der Waals surface area contributed by atoms with E-state index in [1.807, 2.05) is 0 Å². The van der Waals surface area contributed by atoms with Crippen LogP contribution in [-0.2, 0) is 9.53 Å². The molecule has 0 aliphatic rings. The number of terminal acetylenes is 1. The number of Topliss-reactive ketones (excluding diaryl/α,β-unsaturated/α-hetero) is 1. The van der Waals surface area contributed by atoms with E-state index in [-0.39, 0.29) is 18.8 Å². The van der Waals surface area contributed by atoms with Gasteiger partial charge in [0.25, 0.3) is 0 Å². The highest BCUT2D eigenvalue weighted by Crippen LogP contribution is 2.17. The van der Waals surface area contributed by atoms with Crippen LogP contribution >= 0.6 is 0 Å². The zero-order chi connectivity index (χ0) is 11.2. The third-order valence-corrected chi connectivity index (χ3v) is 2.03. The molecule has 0 spiro atoms. The minimum absolute atomic E-state index is 0.0960. The second kappa shape index (κ2) is 5.35. The first kappa shape index (κ1) is 12.6. The van der Waals surface area contributed by atoms with Crippen LogP contribution in [0.4, 0.5) is 0 Å². The zero-order valence-corrected chi connectivity index (χ0v) is 8.28. The molecule has 0 aromatic heterocycles. The minimum atomic E-state index is -1.37. The summed E-state index contributed by atoms with van der Waals surface area (Å²) in [5.74, 6) is 1.82. The van der Waals surface area contributed by atoms with Crippen molar-refractivity contribution in [2.45, 2.75) is 25.9 Å². The van der Waals surface area contributed by atoms with Crippen LogP contribution in [0.25, 0.3) is 0 Å². The van der Waals surface area contributed by atoms with Crippen LogP contribution in [0.3, 0.4) is 0 Å². The molecule has 78 valence electrons. The Labute approximate surface area is 82.6 Å². The molecule has 0 radical (unpaired) electrons. The Balaban J connectivity index is 4.70. The molecule has 0 aromatic carbocycles. The van der Waals surface area contributed by atoms with Gasteiger partial charge in [0.15, 0.2) is 11.4 Å². The Morgan fingerprint density at radius 3 is 2.57 bits per heavy atom. The Morgan fingerprint density at radius 1 is 1.71 bits per heavy atom. The molecule has 0 saturated heterocycles. The van der Waals surface area contributed by atoms with E-state index < -0.39 is 17.1 Å². The summed E-state index contributed by atoms with van der Waals surface area (Å²) < 4.78 is 5.07. The largest absolute Gasteiger partial charge is 0.348 e. The predicted octanol–water partition coefficient (Wildman–Crippen LogP) is 0.651. The molecule has 0 N–H and O–H groups in total. The summed E-state index contributed by atoms with van der Waals surface area (Å²) in [6.07, 6.45) is 5.21. The minimum Gasteiger partial charge on any atom is -0.348 e. The van der Waals surface area contributed by atoms with Crippen molar-refractivity contribution in [1.82, 2.24) is 0 Å². The molecular weight excluding hydrogens is 186 g/mol. The lowest BCUT2D eigenvalue weighted by molar-refractivity contribution is -0.498. The van der Waals surface area contributed by atoms with Gasteiger partial charge in [-0.05, 0) is 13.3 Å². The van der Waals surface area contributed by atoms with Crippen molar-refractivity contribution in [2.24, 2.45) is 0 Å². The second-order valence-corrected chi connectivity index (χ2v) is 2.89. The molecule has 0 rings (SSSR count). The Kier molecular flexibility index (Phi) is 4.81. The summed E-state index contributed by atoms with van der Waals surface area (Å²) in [6.45, 7) is 2.28. The normalized spacial score (nSPS) is 14.1. The summed E-state index contributed by atoms with van der Waals surface area (Å²) in [7, 11) is 0. The Morgan fingerprint density at radius 2 is 2.29 bits per heavy atom. The molecule has 0 aliphatic carbocycles. The molecule has 5 heteroatoms. The third-order valence-electron chi connectivity index (χ3n) is 2.03. The number of rotatable bonds is 6. The highest BCUT2D eigenvalue weighted by Gasteiger charge is 2.40. The second-order valence-electron chi connectivity index (χ2n) is 2.89. The molecule has 0 fully saturated rings. The van der Waals surface area contributed by atoms with Crippen LogP contribution in [-0.4, -0.2) is 29.5 Å². The summed E-state index contributed by atoms with van der Waals surface area (Å²) in [4.78, 5) is 21.0. The molecule has 0 amide bonds. The lowest BCUT2D eigenvalue weighted by Crippen LogP contribution is -2.46. The summed E-state index contributed by atoms with van der Waals surface area (Å²) in [5.41, 5.74) is -1.37. The van der Waals surface area contributed by atoms with Gasteiger partial charge in [-0.2, -0.15) is 0 Å². The van der Waals surface area contributed by atoms with E-state index in [0.717, 1.165) is 0 Å². The van der Waals surface area contributed by atoms with Crippen LogP contribution in [0.1, 0.15) is 20.3 Å². The van der Waals surface area contributed by atoms with Crippen molar-refractivity contribution in [1.29, 1.82) is 0 Å². The molecule has 0 aromatic rings. The number of ketones is 1. The summed E-state index contributed by atoms with van der Waals surface area (Å²) in [6, 6.07) is 0. The van der Waals surface area contributed by atoms with E-state index in [1.54, 1.807) is 6.92 Å². The number of ether oxygens (including phenoxy) is 1. The number of nitrogens with zero attached hydrogens (tertiary/aromatic N) is 1. The standard InChI is InChI=1S/C9H13NO4/c1-4-6-14-9(5-2,8(3)11)7-10(12)13/h1H,5-7H2,2-3H3. The van der Waals surface area contributed by atoms with E-state index in [4.69, 9.17) is 11.2 Å². The van der Waals surface area contributed by atoms with Gasteiger partial charge in [-0.25, -0.2) is 0 Å². The highest BCUT2D eigenvalue weighted by molar-refractivity contribution is 5.85. The fourth-order valence-electron chi connectivity index (χ4n) is 1.11. The highest BCUT2D eigenvalue weighted by atomic mass is 16.6. The van der Waals surface area contributed by atoms with E-state index in [0.29, 0.717) is 0 Å². The van der Waals surface area contributed by atoms with Gasteiger partial charge in [-0.1, -0.05) is 12.8 Å². The van der Waals surface area contributed by atoms with Crippen molar-refractivity contribution < 1.29 is 14.5 Å². The van der Waals surface area contributed by atoms with Crippen molar-refractivity contribution in [3.05, 3.63) is 10.1 Å². The molecule has 5 nitrogen and oxygen atoms in total. The first-order valence-electron chi connectivity index (χ1n) is 4.18. The van der Waals surface area contributed by atoms with Crippen LogP contribution < -0.4 is 0 Å². The monoisotopic (exact) mass is 199 g/mol. The van der Waals surface area contributed by atoms with E-state index in [1.165, 1.54) is 6.92 Å². The lowest BCUT2D eigenvalue weighted by atomic mass is 9.96. The smallest absolute Gasteiger partial charge is 0.239 e. The van der Waals surface area contributed by atoms with Crippen molar-refractivity contribution in [3.63, 3.8) is 0 Å². The predicted molar refractivity (Wildman–Crippen MR) is 50.3 cm³/mol. The van der Waals surface area contributed by atoms with E-state index in [2.05, 4.69) is 5.92 Å². The van der Waals surface area contributed by atoms with Gasteiger partial charge in [-0.3, -0.25) is 14.9 Å². The fourth-order valence-corrected chi connectivity index (χ4v) is 1.11. The molecule has 1 atom stereocenters. The third kappa shape index (κ3) is 3.15. The summed E-state index contributed by atoms with van der Waals surface area (Å²) >= 11 is 0. The topological polar surface area (TPSA) is 69.4 Å².